The van der Waals surface area contributed by atoms with E-state index in [1.807, 2.05) is 6.07 Å². The molecule has 0 amide bonds. The number of terminal acetylenes is 1. The molecule has 0 saturated carbocycles. The molecule has 0 aliphatic carbocycles. The average Bonchev–Trinajstić information content (AvgIpc) is 2.46. The Morgan fingerprint density at radius 3 is 2.41 bits per heavy atom. The second-order valence-corrected chi connectivity index (χ2v) is 12.1. The zero-order valence-electron chi connectivity index (χ0n) is 14.7. The molecule has 120 valence electrons. The zero-order valence-corrected chi connectivity index (χ0v) is 15.7. The molecule has 0 fully saturated rings. The Labute approximate surface area is 137 Å². The second kappa shape index (κ2) is 8.36. The summed E-state index contributed by atoms with van der Waals surface area (Å²) < 4.78 is 6.21. The molecule has 1 aromatic rings. The maximum absolute atomic E-state index is 6.21. The third-order valence-corrected chi connectivity index (χ3v) is 8.96. The molecule has 22 heavy (non-hydrogen) atoms. The highest BCUT2D eigenvalue weighted by Gasteiger charge is 2.37. The Morgan fingerprint density at radius 2 is 1.86 bits per heavy atom. The topological polar surface area (TPSA) is 9.23 Å². The first-order valence-electron chi connectivity index (χ1n) is 8.07. The van der Waals surface area contributed by atoms with Crippen molar-refractivity contribution in [3.05, 3.63) is 48.0 Å². The van der Waals surface area contributed by atoms with Crippen molar-refractivity contribution >= 4 is 8.32 Å². The second-order valence-electron chi connectivity index (χ2n) is 7.30. The van der Waals surface area contributed by atoms with E-state index in [2.05, 4.69) is 76.2 Å². The molecule has 0 radical (unpaired) electrons. The van der Waals surface area contributed by atoms with E-state index in [1.165, 1.54) is 5.56 Å². The SMILES string of the molecule is C#C[C@@H](/C=C/CCc1ccccc1)CO[Si](C)(C)C(C)(C)C. The quantitative estimate of drug-likeness (QED) is 0.369. The van der Waals surface area contributed by atoms with Crippen LogP contribution in [0.3, 0.4) is 0 Å². The molecule has 1 nitrogen and oxygen atoms in total. The lowest BCUT2D eigenvalue weighted by molar-refractivity contribution is 0.273. The summed E-state index contributed by atoms with van der Waals surface area (Å²) in [7, 11) is -1.71. The molecular formula is C20H30OSi. The third kappa shape index (κ3) is 6.21. The fourth-order valence-electron chi connectivity index (χ4n) is 1.83. The molecule has 0 aliphatic heterocycles. The van der Waals surface area contributed by atoms with E-state index in [0.29, 0.717) is 6.61 Å². The number of hydrogen-bond donors (Lipinski definition) is 0. The minimum Gasteiger partial charge on any atom is -0.415 e. The number of allylic oxidation sites excluding steroid dienone is 1. The highest BCUT2D eigenvalue weighted by molar-refractivity contribution is 6.74. The molecule has 0 unspecified atom stereocenters. The summed E-state index contributed by atoms with van der Waals surface area (Å²) in [4.78, 5) is 0. The van der Waals surface area contributed by atoms with Crippen molar-refractivity contribution in [2.45, 2.75) is 51.7 Å². The summed E-state index contributed by atoms with van der Waals surface area (Å²) in [5.74, 6) is 2.91. The maximum atomic E-state index is 6.21. The van der Waals surface area contributed by atoms with Crippen LogP contribution >= 0.6 is 0 Å². The van der Waals surface area contributed by atoms with Gasteiger partial charge in [-0.2, -0.15) is 0 Å². The van der Waals surface area contributed by atoms with E-state index in [0.717, 1.165) is 12.8 Å². The monoisotopic (exact) mass is 314 g/mol. The zero-order chi connectivity index (χ0) is 16.6. The Kier molecular flexibility index (Phi) is 7.12. The predicted octanol–water partition coefficient (Wildman–Crippen LogP) is 5.45. The van der Waals surface area contributed by atoms with Crippen molar-refractivity contribution in [1.82, 2.24) is 0 Å². The van der Waals surface area contributed by atoms with E-state index < -0.39 is 8.32 Å². The first-order valence-corrected chi connectivity index (χ1v) is 11.0. The molecule has 1 aromatic carbocycles. The van der Waals surface area contributed by atoms with E-state index in [-0.39, 0.29) is 11.0 Å². The molecule has 0 spiro atoms. The lowest BCUT2D eigenvalue weighted by Crippen LogP contribution is -2.41. The van der Waals surface area contributed by atoms with E-state index in [1.54, 1.807) is 0 Å². The van der Waals surface area contributed by atoms with Gasteiger partial charge < -0.3 is 4.43 Å². The minimum absolute atomic E-state index is 0.0740. The van der Waals surface area contributed by atoms with Gasteiger partial charge in [0.15, 0.2) is 8.32 Å². The predicted molar refractivity (Wildman–Crippen MR) is 99.4 cm³/mol. The Hall–Kier alpha value is -1.30. The van der Waals surface area contributed by atoms with Crippen LogP contribution in [0.1, 0.15) is 32.8 Å². The van der Waals surface area contributed by atoms with Gasteiger partial charge in [-0.15, -0.1) is 6.42 Å². The van der Waals surface area contributed by atoms with Crippen LogP contribution in [0.5, 0.6) is 0 Å². The number of benzene rings is 1. The van der Waals surface area contributed by atoms with Crippen molar-refractivity contribution in [3.63, 3.8) is 0 Å². The molecule has 0 aliphatic rings. The van der Waals surface area contributed by atoms with Crippen LogP contribution in [0.4, 0.5) is 0 Å². The molecule has 2 heteroatoms. The van der Waals surface area contributed by atoms with Crippen LogP contribution < -0.4 is 0 Å². The van der Waals surface area contributed by atoms with Crippen molar-refractivity contribution < 1.29 is 4.43 Å². The first-order chi connectivity index (χ1) is 10.3. The van der Waals surface area contributed by atoms with Crippen LogP contribution in [-0.4, -0.2) is 14.9 Å². The largest absolute Gasteiger partial charge is 0.415 e. The maximum Gasteiger partial charge on any atom is 0.192 e. The van der Waals surface area contributed by atoms with Crippen LogP contribution in [0.15, 0.2) is 42.5 Å². The highest BCUT2D eigenvalue weighted by atomic mass is 28.4. The Balaban J connectivity index is 2.42. The normalized spacial score (nSPS) is 14.0. The minimum atomic E-state index is -1.71. The van der Waals surface area contributed by atoms with Crippen LogP contribution in [-0.2, 0) is 10.8 Å². The average molecular weight is 315 g/mol. The third-order valence-electron chi connectivity index (χ3n) is 4.45. The highest BCUT2D eigenvalue weighted by Crippen LogP contribution is 2.36. The van der Waals surface area contributed by atoms with Gasteiger partial charge in [-0.25, -0.2) is 0 Å². The van der Waals surface area contributed by atoms with Gasteiger partial charge in [-0.3, -0.25) is 0 Å². The molecular weight excluding hydrogens is 284 g/mol. The van der Waals surface area contributed by atoms with Crippen LogP contribution in [0.25, 0.3) is 0 Å². The number of aryl methyl sites for hydroxylation is 1. The van der Waals surface area contributed by atoms with Crippen molar-refractivity contribution in [3.8, 4) is 12.3 Å². The smallest absolute Gasteiger partial charge is 0.192 e. The van der Waals surface area contributed by atoms with Gasteiger partial charge in [0.2, 0.25) is 0 Å². The first kappa shape index (κ1) is 18.7. The fraction of sp³-hybridized carbons (Fsp3) is 0.500. The Bertz CT molecular complexity index is 503. The standard InChI is InChI=1S/C20H30OSi/c1-7-18(17-21-22(5,6)20(2,3)4)13-11-12-16-19-14-9-8-10-15-19/h1,8-11,13-15,18H,12,16-17H2,2-6H3/b13-11+/t18-/m0/s1. The molecule has 0 N–H and O–H groups in total. The van der Waals surface area contributed by atoms with Gasteiger partial charge in [0.25, 0.3) is 0 Å². The van der Waals surface area contributed by atoms with Gasteiger partial charge in [-0.05, 0) is 36.5 Å². The van der Waals surface area contributed by atoms with E-state index in [4.69, 9.17) is 10.8 Å². The van der Waals surface area contributed by atoms with Gasteiger partial charge >= 0.3 is 0 Å². The van der Waals surface area contributed by atoms with Gasteiger partial charge in [0, 0.05) is 0 Å². The summed E-state index contributed by atoms with van der Waals surface area (Å²) in [6.07, 6.45) is 12.0. The van der Waals surface area contributed by atoms with E-state index in [9.17, 15) is 0 Å². The summed E-state index contributed by atoms with van der Waals surface area (Å²) in [5, 5.41) is 0.225. The van der Waals surface area contributed by atoms with Gasteiger partial charge in [-0.1, -0.05) is 69.2 Å². The van der Waals surface area contributed by atoms with Gasteiger partial charge in [0.1, 0.15) is 0 Å². The summed E-state index contributed by atoms with van der Waals surface area (Å²) in [6.45, 7) is 11.9. The van der Waals surface area contributed by atoms with Gasteiger partial charge in [0.05, 0.1) is 12.5 Å². The van der Waals surface area contributed by atoms with E-state index >= 15 is 0 Å². The lowest BCUT2D eigenvalue weighted by atomic mass is 10.1. The summed E-state index contributed by atoms with van der Waals surface area (Å²) in [5.41, 5.74) is 1.36. The van der Waals surface area contributed by atoms with Crippen LogP contribution in [0, 0.1) is 18.3 Å². The molecule has 1 atom stereocenters. The van der Waals surface area contributed by atoms with Crippen molar-refractivity contribution in [2.24, 2.45) is 5.92 Å². The summed E-state index contributed by atoms with van der Waals surface area (Å²) in [6, 6.07) is 10.5. The molecule has 0 aromatic heterocycles. The molecule has 0 bridgehead atoms. The molecule has 1 rings (SSSR count). The molecule has 0 heterocycles. The van der Waals surface area contributed by atoms with Crippen molar-refractivity contribution in [1.29, 1.82) is 0 Å². The van der Waals surface area contributed by atoms with Crippen LogP contribution in [0.2, 0.25) is 18.1 Å². The summed E-state index contributed by atoms with van der Waals surface area (Å²) >= 11 is 0. The molecule has 0 saturated heterocycles. The lowest BCUT2D eigenvalue weighted by Gasteiger charge is -2.36. The van der Waals surface area contributed by atoms with Crippen molar-refractivity contribution in [2.75, 3.05) is 6.61 Å². The number of rotatable bonds is 7. The Morgan fingerprint density at radius 1 is 1.23 bits per heavy atom. The fourth-order valence-corrected chi connectivity index (χ4v) is 2.86. The number of hydrogen-bond acceptors (Lipinski definition) is 1.